The molecule has 2 atom stereocenters. The highest BCUT2D eigenvalue weighted by Gasteiger charge is 2.41. The Hall–Kier alpha value is -3.09. The van der Waals surface area contributed by atoms with E-state index in [2.05, 4.69) is 5.32 Å². The van der Waals surface area contributed by atoms with E-state index in [0.717, 1.165) is 0 Å². The number of carbonyl (C=O) groups excluding carboxylic acids is 1. The van der Waals surface area contributed by atoms with Gasteiger partial charge in [0.2, 0.25) is 5.91 Å². The number of benzene rings is 2. The number of likely N-dealkylation sites (N-methyl/N-ethyl adjacent to an activating group) is 1. The number of ether oxygens (including phenoxy) is 1. The normalized spacial score (nSPS) is 20.4. The third kappa shape index (κ3) is 3.00. The lowest BCUT2D eigenvalue weighted by Gasteiger charge is -2.38. The summed E-state index contributed by atoms with van der Waals surface area (Å²) in [5.74, 6) is -1.39. The molecule has 130 valence electrons. The van der Waals surface area contributed by atoms with Gasteiger partial charge in [0, 0.05) is 24.4 Å². The first kappa shape index (κ1) is 16.8. The topological polar surface area (TPSA) is 91.4 Å². The molecule has 3 rings (SSSR count). The van der Waals surface area contributed by atoms with E-state index in [1.54, 1.807) is 36.4 Å². The van der Waals surface area contributed by atoms with Gasteiger partial charge in [-0.2, -0.15) is 0 Å². The van der Waals surface area contributed by atoms with Crippen LogP contribution in [0.3, 0.4) is 0 Å². The lowest BCUT2D eigenvalue weighted by atomic mass is 9.84. The number of nitrogen functional groups attached to an aromatic ring is 1. The average Bonchev–Trinajstić information content (AvgIpc) is 2.60. The van der Waals surface area contributed by atoms with Crippen molar-refractivity contribution in [3.05, 3.63) is 59.4 Å². The molecule has 1 saturated heterocycles. The first-order valence-electron chi connectivity index (χ1n) is 7.74. The van der Waals surface area contributed by atoms with Crippen molar-refractivity contribution in [1.29, 1.82) is 5.41 Å². The Morgan fingerprint density at radius 3 is 2.68 bits per heavy atom. The van der Waals surface area contributed by atoms with E-state index in [4.69, 9.17) is 15.9 Å². The molecule has 1 heterocycles. The molecule has 1 unspecified atom stereocenters. The van der Waals surface area contributed by atoms with Gasteiger partial charge in [0.1, 0.15) is 11.6 Å². The van der Waals surface area contributed by atoms with Gasteiger partial charge < -0.3 is 15.8 Å². The molecule has 0 saturated carbocycles. The fourth-order valence-electron chi connectivity index (χ4n) is 3.02. The third-order valence-corrected chi connectivity index (χ3v) is 4.37. The van der Waals surface area contributed by atoms with E-state index in [9.17, 15) is 9.18 Å². The smallest absolute Gasteiger partial charge is 0.239 e. The van der Waals surface area contributed by atoms with Gasteiger partial charge >= 0.3 is 0 Å². The van der Waals surface area contributed by atoms with Gasteiger partial charge in [-0.25, -0.2) is 4.39 Å². The summed E-state index contributed by atoms with van der Waals surface area (Å²) < 4.78 is 19.7. The van der Waals surface area contributed by atoms with Gasteiger partial charge in [-0.1, -0.05) is 18.2 Å². The van der Waals surface area contributed by atoms with Crippen molar-refractivity contribution in [3.63, 3.8) is 0 Å². The van der Waals surface area contributed by atoms with Crippen LogP contribution in [0.4, 0.5) is 10.1 Å². The maximum Gasteiger partial charge on any atom is 0.239 e. The van der Waals surface area contributed by atoms with Crippen molar-refractivity contribution in [2.75, 3.05) is 19.9 Å². The summed E-state index contributed by atoms with van der Waals surface area (Å²) in [6.07, 6.45) is 0. The summed E-state index contributed by atoms with van der Waals surface area (Å²) in [5.41, 5.74) is 7.33. The zero-order valence-electron chi connectivity index (χ0n) is 13.9. The van der Waals surface area contributed by atoms with Crippen molar-refractivity contribution < 1.29 is 13.9 Å². The minimum Gasteiger partial charge on any atom is -0.497 e. The Bertz CT molecular complexity index is 840. The molecule has 6 nitrogen and oxygen atoms in total. The van der Waals surface area contributed by atoms with Crippen molar-refractivity contribution in [3.8, 4) is 5.75 Å². The second-order valence-electron chi connectivity index (χ2n) is 5.90. The van der Waals surface area contributed by atoms with Crippen molar-refractivity contribution >= 4 is 17.6 Å². The average molecular weight is 342 g/mol. The number of amides is 1. The van der Waals surface area contributed by atoms with Crippen LogP contribution in [0, 0.1) is 11.2 Å². The molecule has 0 spiro atoms. The first-order valence-corrected chi connectivity index (χ1v) is 7.74. The zero-order chi connectivity index (χ0) is 18.1. The highest BCUT2D eigenvalue weighted by molar-refractivity contribution is 6.02. The number of halogens is 1. The van der Waals surface area contributed by atoms with Crippen LogP contribution >= 0.6 is 0 Å². The molecular weight excluding hydrogens is 323 g/mol. The van der Waals surface area contributed by atoms with Crippen molar-refractivity contribution in [2.24, 2.45) is 0 Å². The molecule has 4 N–H and O–H groups in total. The summed E-state index contributed by atoms with van der Waals surface area (Å²) in [7, 11) is 2.94. The zero-order valence-corrected chi connectivity index (χ0v) is 13.9. The molecule has 0 bridgehead atoms. The van der Waals surface area contributed by atoms with Crippen molar-refractivity contribution in [2.45, 2.75) is 12.0 Å². The number of methoxy groups -OCH3 is 1. The lowest BCUT2D eigenvalue weighted by Crippen LogP contribution is -2.54. The summed E-state index contributed by atoms with van der Waals surface area (Å²) in [4.78, 5) is 14.0. The molecule has 0 radical (unpaired) electrons. The molecule has 1 aliphatic heterocycles. The highest BCUT2D eigenvalue weighted by Crippen LogP contribution is 2.37. The lowest BCUT2D eigenvalue weighted by molar-refractivity contribution is -0.130. The van der Waals surface area contributed by atoms with Crippen LogP contribution < -0.4 is 15.8 Å². The summed E-state index contributed by atoms with van der Waals surface area (Å²) >= 11 is 0. The van der Waals surface area contributed by atoms with Crippen LogP contribution in [-0.2, 0) is 4.79 Å². The van der Waals surface area contributed by atoms with Crippen LogP contribution in [0.1, 0.15) is 23.1 Å². The molecule has 1 amide bonds. The minimum absolute atomic E-state index is 0.0393. The number of nitrogens with zero attached hydrogens (tertiary/aromatic N) is 1. The van der Waals surface area contributed by atoms with Gasteiger partial charge in [-0.05, 0) is 23.8 Å². The van der Waals surface area contributed by atoms with E-state index in [0.29, 0.717) is 17.0 Å². The van der Waals surface area contributed by atoms with Crippen LogP contribution in [0.2, 0.25) is 0 Å². The van der Waals surface area contributed by atoms with Crippen LogP contribution in [0.25, 0.3) is 0 Å². The number of guanidine groups is 1. The molecule has 1 fully saturated rings. The number of hydrogen-bond acceptors (Lipinski definition) is 4. The number of nitrogens with one attached hydrogen (secondary N) is 2. The van der Waals surface area contributed by atoms with E-state index in [-0.39, 0.29) is 17.4 Å². The summed E-state index contributed by atoms with van der Waals surface area (Å²) in [6.45, 7) is 0. The fraction of sp³-hybridized carbons (Fsp3) is 0.222. The standard InChI is InChI=1S/C18H19FN4O2/c1-23-17(24)15(13-7-6-12(25-2)9-14(13)19)16(22-18(23)21)10-4-3-5-11(20)8-10/h3-9,15-16H,20H2,1-2H3,(H2,21,22)/t15?,16-/m1/s1. The van der Waals surface area contributed by atoms with Crippen LogP contribution in [-0.4, -0.2) is 30.9 Å². The van der Waals surface area contributed by atoms with E-state index >= 15 is 0 Å². The molecule has 1 aliphatic rings. The largest absolute Gasteiger partial charge is 0.497 e. The number of anilines is 1. The third-order valence-electron chi connectivity index (χ3n) is 4.37. The molecule has 2 aromatic carbocycles. The SMILES string of the molecule is COc1ccc(C2C(=O)N(C)C(=N)N[C@@H]2c2cccc(N)c2)c(F)c1. The van der Waals surface area contributed by atoms with Crippen molar-refractivity contribution in [1.82, 2.24) is 10.2 Å². The number of carbonyl (C=O) groups is 1. The van der Waals surface area contributed by atoms with Gasteiger partial charge in [0.15, 0.2) is 5.96 Å². The maximum atomic E-state index is 14.6. The maximum absolute atomic E-state index is 14.6. The van der Waals surface area contributed by atoms with Gasteiger partial charge in [-0.3, -0.25) is 15.1 Å². The number of rotatable bonds is 3. The Labute approximate surface area is 144 Å². The molecule has 0 aromatic heterocycles. The Kier molecular flexibility index (Phi) is 4.31. The summed E-state index contributed by atoms with van der Waals surface area (Å²) in [6, 6.07) is 10.8. The second kappa shape index (κ2) is 6.43. The predicted octanol–water partition coefficient (Wildman–Crippen LogP) is 2.24. The first-order chi connectivity index (χ1) is 11.9. The second-order valence-corrected chi connectivity index (χ2v) is 5.90. The fourth-order valence-corrected chi connectivity index (χ4v) is 3.02. The van der Waals surface area contributed by atoms with E-state index < -0.39 is 17.8 Å². The minimum atomic E-state index is -0.827. The predicted molar refractivity (Wildman–Crippen MR) is 92.9 cm³/mol. The van der Waals surface area contributed by atoms with Crippen LogP contribution in [0.15, 0.2) is 42.5 Å². The van der Waals surface area contributed by atoms with Crippen LogP contribution in [0.5, 0.6) is 5.75 Å². The Morgan fingerprint density at radius 1 is 1.28 bits per heavy atom. The summed E-state index contributed by atoms with van der Waals surface area (Å²) in [5, 5.41) is 11.0. The molecule has 7 heteroatoms. The highest BCUT2D eigenvalue weighted by atomic mass is 19.1. The molecular formula is C18H19FN4O2. The monoisotopic (exact) mass is 342 g/mol. The Morgan fingerprint density at radius 2 is 2.04 bits per heavy atom. The molecule has 25 heavy (non-hydrogen) atoms. The van der Waals surface area contributed by atoms with Gasteiger partial charge in [0.25, 0.3) is 0 Å². The molecule has 2 aromatic rings. The van der Waals surface area contributed by atoms with E-state index in [1.807, 2.05) is 0 Å². The quantitative estimate of drug-likeness (QED) is 0.746. The van der Waals surface area contributed by atoms with E-state index in [1.165, 1.54) is 25.1 Å². The number of hydrogen-bond donors (Lipinski definition) is 3. The van der Waals surface area contributed by atoms with Gasteiger partial charge in [-0.15, -0.1) is 0 Å². The number of nitrogens with two attached hydrogens (primary N) is 1. The Balaban J connectivity index is 2.11. The van der Waals surface area contributed by atoms with Gasteiger partial charge in [0.05, 0.1) is 19.1 Å². The molecule has 0 aliphatic carbocycles.